The van der Waals surface area contributed by atoms with Gasteiger partial charge in [-0.1, -0.05) is 44.5 Å². The van der Waals surface area contributed by atoms with E-state index in [1.54, 1.807) is 18.2 Å². The lowest BCUT2D eigenvalue weighted by atomic mass is 9.87. The van der Waals surface area contributed by atoms with Crippen LogP contribution in [0.1, 0.15) is 26.3 Å². The summed E-state index contributed by atoms with van der Waals surface area (Å²) in [6.45, 7) is 6.35. The van der Waals surface area contributed by atoms with Crippen molar-refractivity contribution < 1.29 is 9.53 Å². The van der Waals surface area contributed by atoms with Crippen LogP contribution in [0.3, 0.4) is 0 Å². The summed E-state index contributed by atoms with van der Waals surface area (Å²) in [6.07, 6.45) is 0. The molecule has 2 aromatic carbocycles. The van der Waals surface area contributed by atoms with Crippen LogP contribution in [-0.4, -0.2) is 12.5 Å². The predicted octanol–water partition coefficient (Wildman–Crippen LogP) is 4.24. The molecule has 0 aliphatic rings. The molecule has 2 rings (SSSR count). The zero-order valence-corrected chi connectivity index (χ0v) is 14.3. The van der Waals surface area contributed by atoms with Crippen LogP contribution in [0.4, 0.5) is 11.4 Å². The highest BCUT2D eigenvalue weighted by atomic mass is 35.5. The number of rotatable bonds is 4. The molecule has 0 spiro atoms. The van der Waals surface area contributed by atoms with Gasteiger partial charge in [0.25, 0.3) is 5.91 Å². The first kappa shape index (κ1) is 17.2. The number of ether oxygens (including phenoxy) is 1. The van der Waals surface area contributed by atoms with Gasteiger partial charge in [0.05, 0.1) is 10.7 Å². The molecule has 0 aliphatic carbocycles. The molecule has 0 unspecified atom stereocenters. The predicted molar refractivity (Wildman–Crippen MR) is 95.1 cm³/mol. The van der Waals surface area contributed by atoms with Gasteiger partial charge in [-0.15, -0.1) is 0 Å². The number of hydrogen-bond acceptors (Lipinski definition) is 3. The topological polar surface area (TPSA) is 64.3 Å². The van der Waals surface area contributed by atoms with Crippen LogP contribution in [0.25, 0.3) is 0 Å². The Labute approximate surface area is 141 Å². The maximum Gasteiger partial charge on any atom is 0.262 e. The number of benzene rings is 2. The molecule has 0 bridgehead atoms. The van der Waals surface area contributed by atoms with Crippen LogP contribution < -0.4 is 15.8 Å². The minimum Gasteiger partial charge on any atom is -0.484 e. The number of anilines is 2. The van der Waals surface area contributed by atoms with Crippen molar-refractivity contribution in [1.29, 1.82) is 0 Å². The quantitative estimate of drug-likeness (QED) is 0.823. The Morgan fingerprint density at radius 2 is 1.83 bits per heavy atom. The smallest absolute Gasteiger partial charge is 0.262 e. The van der Waals surface area contributed by atoms with Crippen LogP contribution in [0.2, 0.25) is 5.02 Å². The lowest BCUT2D eigenvalue weighted by Crippen LogP contribution is -2.20. The third-order valence-electron chi connectivity index (χ3n) is 3.36. The Morgan fingerprint density at radius 1 is 1.17 bits per heavy atom. The molecule has 0 saturated carbocycles. The highest BCUT2D eigenvalue weighted by molar-refractivity contribution is 6.34. The molecule has 3 N–H and O–H groups in total. The van der Waals surface area contributed by atoms with Crippen molar-refractivity contribution in [3.05, 3.63) is 53.1 Å². The fourth-order valence-electron chi connectivity index (χ4n) is 2.02. The van der Waals surface area contributed by atoms with Crippen molar-refractivity contribution >= 4 is 28.9 Å². The summed E-state index contributed by atoms with van der Waals surface area (Å²) in [6, 6.07) is 12.7. The molecule has 2 aromatic rings. The Hall–Kier alpha value is -2.20. The average Bonchev–Trinajstić information content (AvgIpc) is 2.47. The Balaban J connectivity index is 1.91. The van der Waals surface area contributed by atoms with E-state index in [9.17, 15) is 4.79 Å². The van der Waals surface area contributed by atoms with Gasteiger partial charge in [0.15, 0.2) is 6.61 Å². The number of nitrogens with one attached hydrogen (secondary N) is 1. The van der Waals surface area contributed by atoms with E-state index in [4.69, 9.17) is 22.1 Å². The van der Waals surface area contributed by atoms with Crippen molar-refractivity contribution in [2.75, 3.05) is 17.7 Å². The first-order valence-corrected chi connectivity index (χ1v) is 7.72. The van der Waals surface area contributed by atoms with Gasteiger partial charge in [-0.3, -0.25) is 4.79 Å². The van der Waals surface area contributed by atoms with Gasteiger partial charge < -0.3 is 15.8 Å². The normalized spacial score (nSPS) is 11.1. The van der Waals surface area contributed by atoms with Gasteiger partial charge in [0, 0.05) is 5.69 Å². The second kappa shape index (κ2) is 6.92. The number of amides is 1. The third kappa shape index (κ3) is 4.89. The van der Waals surface area contributed by atoms with E-state index in [0.29, 0.717) is 22.1 Å². The maximum atomic E-state index is 11.9. The van der Waals surface area contributed by atoms with Crippen molar-refractivity contribution in [1.82, 2.24) is 0 Å². The highest BCUT2D eigenvalue weighted by Gasteiger charge is 2.13. The second-order valence-corrected chi connectivity index (χ2v) is 6.76. The summed E-state index contributed by atoms with van der Waals surface area (Å²) in [5, 5.41) is 3.09. The van der Waals surface area contributed by atoms with E-state index >= 15 is 0 Å². The summed E-state index contributed by atoms with van der Waals surface area (Å²) < 4.78 is 5.49. The molecular weight excluding hydrogens is 312 g/mol. The molecule has 23 heavy (non-hydrogen) atoms. The standard InChI is InChI=1S/C18H21ClN2O2/c1-18(2,3)12-4-7-14(8-5-12)23-11-17(22)21-16-9-6-13(20)10-15(16)19/h4-10H,11,20H2,1-3H3,(H,21,22). The summed E-state index contributed by atoms with van der Waals surface area (Å²) in [7, 11) is 0. The van der Waals surface area contributed by atoms with Crippen molar-refractivity contribution in [3.8, 4) is 5.75 Å². The molecule has 5 heteroatoms. The molecule has 1 amide bonds. The van der Waals surface area contributed by atoms with Crippen molar-refractivity contribution in [2.24, 2.45) is 0 Å². The molecule has 0 radical (unpaired) electrons. The van der Waals surface area contributed by atoms with E-state index < -0.39 is 0 Å². The summed E-state index contributed by atoms with van der Waals surface area (Å²) in [5.41, 5.74) is 7.97. The summed E-state index contributed by atoms with van der Waals surface area (Å²) in [4.78, 5) is 11.9. The van der Waals surface area contributed by atoms with Crippen LogP contribution in [0, 0.1) is 0 Å². The van der Waals surface area contributed by atoms with Crippen molar-refractivity contribution in [2.45, 2.75) is 26.2 Å². The molecule has 0 fully saturated rings. The summed E-state index contributed by atoms with van der Waals surface area (Å²) in [5.74, 6) is 0.369. The third-order valence-corrected chi connectivity index (χ3v) is 3.67. The fourth-order valence-corrected chi connectivity index (χ4v) is 2.26. The fraction of sp³-hybridized carbons (Fsp3) is 0.278. The highest BCUT2D eigenvalue weighted by Crippen LogP contribution is 2.25. The molecule has 0 saturated heterocycles. The average molecular weight is 333 g/mol. The van der Waals surface area contributed by atoms with Gasteiger partial charge in [-0.25, -0.2) is 0 Å². The first-order valence-electron chi connectivity index (χ1n) is 7.34. The van der Waals surface area contributed by atoms with Crippen LogP contribution in [-0.2, 0) is 10.2 Å². The van der Waals surface area contributed by atoms with Gasteiger partial charge in [-0.05, 0) is 41.3 Å². The number of nitrogen functional groups attached to an aromatic ring is 1. The van der Waals surface area contributed by atoms with E-state index in [2.05, 4.69) is 26.1 Å². The lowest BCUT2D eigenvalue weighted by Gasteiger charge is -2.19. The first-order chi connectivity index (χ1) is 10.8. The minimum absolute atomic E-state index is 0.0851. The Morgan fingerprint density at radius 3 is 2.39 bits per heavy atom. The molecule has 122 valence electrons. The largest absolute Gasteiger partial charge is 0.484 e. The number of nitrogens with two attached hydrogens (primary N) is 1. The second-order valence-electron chi connectivity index (χ2n) is 6.35. The van der Waals surface area contributed by atoms with Crippen LogP contribution in [0.15, 0.2) is 42.5 Å². The van der Waals surface area contributed by atoms with E-state index in [0.717, 1.165) is 0 Å². The van der Waals surface area contributed by atoms with E-state index in [-0.39, 0.29) is 17.9 Å². The van der Waals surface area contributed by atoms with Gasteiger partial charge in [-0.2, -0.15) is 0 Å². The lowest BCUT2D eigenvalue weighted by molar-refractivity contribution is -0.118. The number of carbonyl (C=O) groups is 1. The SMILES string of the molecule is CC(C)(C)c1ccc(OCC(=O)Nc2ccc(N)cc2Cl)cc1. The molecule has 4 nitrogen and oxygen atoms in total. The van der Waals surface area contributed by atoms with E-state index in [1.165, 1.54) is 5.56 Å². The number of hydrogen-bond donors (Lipinski definition) is 2. The maximum absolute atomic E-state index is 11.9. The van der Waals surface area contributed by atoms with Crippen LogP contribution in [0.5, 0.6) is 5.75 Å². The molecule has 0 heterocycles. The Bertz CT molecular complexity index is 691. The van der Waals surface area contributed by atoms with Crippen molar-refractivity contribution in [3.63, 3.8) is 0 Å². The number of carbonyl (C=O) groups excluding carboxylic acids is 1. The van der Waals surface area contributed by atoms with Gasteiger partial charge in [0.1, 0.15) is 5.75 Å². The monoisotopic (exact) mass is 332 g/mol. The van der Waals surface area contributed by atoms with Crippen LogP contribution >= 0.6 is 11.6 Å². The Kier molecular flexibility index (Phi) is 5.16. The molecule has 0 aliphatic heterocycles. The zero-order valence-electron chi connectivity index (χ0n) is 13.5. The molecule has 0 atom stereocenters. The molecule has 0 aromatic heterocycles. The number of halogens is 1. The minimum atomic E-state index is -0.281. The molecular formula is C18H21ClN2O2. The van der Waals surface area contributed by atoms with Gasteiger partial charge in [0.2, 0.25) is 0 Å². The summed E-state index contributed by atoms with van der Waals surface area (Å²) >= 11 is 6.02. The zero-order chi connectivity index (χ0) is 17.0. The van der Waals surface area contributed by atoms with Gasteiger partial charge >= 0.3 is 0 Å². The van der Waals surface area contributed by atoms with E-state index in [1.807, 2.05) is 24.3 Å².